The molecular formula is C18H18N4O2. The van der Waals surface area contributed by atoms with Crippen LogP contribution in [0.3, 0.4) is 0 Å². The second-order valence-electron chi connectivity index (χ2n) is 6.67. The Kier molecular flexibility index (Phi) is 2.99. The number of rotatable bonds is 3. The summed E-state index contributed by atoms with van der Waals surface area (Å²) >= 11 is 0. The predicted octanol–water partition coefficient (Wildman–Crippen LogP) is 2.24. The van der Waals surface area contributed by atoms with Gasteiger partial charge < -0.3 is 15.1 Å². The smallest absolute Gasteiger partial charge is 0.251 e. The molecular weight excluding hydrogens is 304 g/mol. The zero-order valence-electron chi connectivity index (χ0n) is 13.1. The fraction of sp³-hybridized carbons (Fsp3) is 0.333. The van der Waals surface area contributed by atoms with Crippen LogP contribution in [0.5, 0.6) is 0 Å². The first-order valence-electron chi connectivity index (χ1n) is 8.35. The number of furan rings is 1. The SMILES string of the molecule is O=C(N[C@@H]1C[C@H]2CC[C@@H]1N2)c1ccc2oc(-n3ccnc3)cc2c1. The number of carbonyl (C=O) groups is 1. The van der Waals surface area contributed by atoms with Crippen LogP contribution in [-0.2, 0) is 0 Å². The van der Waals surface area contributed by atoms with Crippen molar-refractivity contribution in [2.75, 3.05) is 0 Å². The molecule has 0 radical (unpaired) electrons. The van der Waals surface area contributed by atoms with Gasteiger partial charge in [0.25, 0.3) is 5.91 Å². The van der Waals surface area contributed by atoms with E-state index in [0.29, 0.717) is 23.5 Å². The number of fused-ring (bicyclic) bond motifs is 3. The molecule has 0 spiro atoms. The average Bonchev–Trinajstić information content (AvgIpc) is 3.35. The molecule has 2 aromatic heterocycles. The zero-order valence-corrected chi connectivity index (χ0v) is 13.1. The summed E-state index contributed by atoms with van der Waals surface area (Å²) in [5.41, 5.74) is 1.43. The van der Waals surface area contributed by atoms with Crippen LogP contribution < -0.4 is 10.6 Å². The van der Waals surface area contributed by atoms with Gasteiger partial charge in [-0.1, -0.05) is 0 Å². The lowest BCUT2D eigenvalue weighted by Crippen LogP contribution is -2.42. The summed E-state index contributed by atoms with van der Waals surface area (Å²) in [5, 5.41) is 7.64. The molecule has 0 unspecified atom stereocenters. The first-order valence-corrected chi connectivity index (χ1v) is 8.35. The van der Waals surface area contributed by atoms with Gasteiger partial charge in [0.05, 0.1) is 0 Å². The van der Waals surface area contributed by atoms with E-state index in [-0.39, 0.29) is 11.9 Å². The minimum Gasteiger partial charge on any atom is -0.440 e. The van der Waals surface area contributed by atoms with E-state index in [0.717, 1.165) is 23.8 Å². The first-order chi connectivity index (χ1) is 11.8. The molecule has 2 fully saturated rings. The Hall–Kier alpha value is -2.60. The van der Waals surface area contributed by atoms with Crippen molar-refractivity contribution < 1.29 is 9.21 Å². The van der Waals surface area contributed by atoms with Crippen LogP contribution in [0.25, 0.3) is 16.9 Å². The molecule has 2 saturated heterocycles. The van der Waals surface area contributed by atoms with Crippen LogP contribution in [0.2, 0.25) is 0 Å². The van der Waals surface area contributed by atoms with Gasteiger partial charge in [-0.2, -0.15) is 0 Å². The van der Waals surface area contributed by atoms with Crippen molar-refractivity contribution in [3.8, 4) is 5.88 Å². The number of carbonyl (C=O) groups excluding carboxylic acids is 1. The van der Waals surface area contributed by atoms with Crippen molar-refractivity contribution in [3.63, 3.8) is 0 Å². The summed E-state index contributed by atoms with van der Waals surface area (Å²) < 4.78 is 7.61. The summed E-state index contributed by atoms with van der Waals surface area (Å²) in [6.45, 7) is 0. The number of nitrogens with zero attached hydrogens (tertiary/aromatic N) is 2. The monoisotopic (exact) mass is 322 g/mol. The van der Waals surface area contributed by atoms with E-state index in [1.165, 1.54) is 6.42 Å². The lowest BCUT2D eigenvalue weighted by atomic mass is 9.95. The molecule has 2 N–H and O–H groups in total. The van der Waals surface area contributed by atoms with Crippen LogP contribution in [0, 0.1) is 0 Å². The highest BCUT2D eigenvalue weighted by Gasteiger charge is 2.39. The molecule has 2 bridgehead atoms. The van der Waals surface area contributed by atoms with E-state index in [1.807, 2.05) is 30.5 Å². The van der Waals surface area contributed by atoms with Gasteiger partial charge in [-0.15, -0.1) is 0 Å². The van der Waals surface area contributed by atoms with Crippen LogP contribution in [0.15, 0.2) is 47.4 Å². The van der Waals surface area contributed by atoms with Crippen LogP contribution in [0.4, 0.5) is 0 Å². The van der Waals surface area contributed by atoms with Crippen LogP contribution in [-0.4, -0.2) is 33.6 Å². The second kappa shape index (κ2) is 5.21. The van der Waals surface area contributed by atoms with Crippen molar-refractivity contribution in [3.05, 3.63) is 48.5 Å². The number of amides is 1. The lowest BCUT2D eigenvalue weighted by molar-refractivity contribution is 0.0931. The highest BCUT2D eigenvalue weighted by Crippen LogP contribution is 2.29. The summed E-state index contributed by atoms with van der Waals surface area (Å²) in [7, 11) is 0. The minimum absolute atomic E-state index is 0.0124. The van der Waals surface area contributed by atoms with Gasteiger partial charge in [0.15, 0.2) is 0 Å². The number of aromatic nitrogens is 2. The molecule has 2 aliphatic rings. The van der Waals surface area contributed by atoms with Gasteiger partial charge in [0.2, 0.25) is 5.88 Å². The molecule has 0 aliphatic carbocycles. The third-order valence-corrected chi connectivity index (χ3v) is 5.14. The van der Waals surface area contributed by atoms with Gasteiger partial charge in [0, 0.05) is 47.5 Å². The fourth-order valence-corrected chi connectivity index (χ4v) is 3.92. The molecule has 5 rings (SSSR count). The van der Waals surface area contributed by atoms with Crippen molar-refractivity contribution in [2.45, 2.75) is 37.4 Å². The van der Waals surface area contributed by atoms with E-state index >= 15 is 0 Å². The van der Waals surface area contributed by atoms with Gasteiger partial charge >= 0.3 is 0 Å². The molecule has 1 aromatic carbocycles. The molecule has 6 nitrogen and oxygen atoms in total. The average molecular weight is 322 g/mol. The maximum atomic E-state index is 12.6. The maximum Gasteiger partial charge on any atom is 0.251 e. The van der Waals surface area contributed by atoms with Crippen molar-refractivity contribution in [1.29, 1.82) is 0 Å². The molecule has 6 heteroatoms. The molecule has 0 saturated carbocycles. The highest BCUT2D eigenvalue weighted by atomic mass is 16.4. The van der Waals surface area contributed by atoms with Crippen molar-refractivity contribution in [2.24, 2.45) is 0 Å². The standard InChI is InChI=1S/C18H18N4O2/c23-18(21-15-9-13-2-3-14(15)20-13)11-1-4-16-12(7-11)8-17(24-16)22-6-5-19-10-22/h1,4-8,10,13-15,20H,2-3,9H2,(H,21,23)/t13-,14+,15-/m1/s1. The Morgan fingerprint density at radius 1 is 1.33 bits per heavy atom. The summed E-state index contributed by atoms with van der Waals surface area (Å²) in [4.78, 5) is 16.6. The highest BCUT2D eigenvalue weighted by molar-refractivity contribution is 5.98. The molecule has 2 aliphatic heterocycles. The van der Waals surface area contributed by atoms with E-state index < -0.39 is 0 Å². The molecule has 1 amide bonds. The van der Waals surface area contributed by atoms with Gasteiger partial charge in [-0.25, -0.2) is 4.98 Å². The quantitative estimate of drug-likeness (QED) is 0.776. The number of hydrogen-bond acceptors (Lipinski definition) is 4. The number of hydrogen-bond donors (Lipinski definition) is 2. The zero-order chi connectivity index (χ0) is 16.1. The topological polar surface area (TPSA) is 72.1 Å². The van der Waals surface area contributed by atoms with Crippen molar-refractivity contribution >= 4 is 16.9 Å². The predicted molar refractivity (Wildman–Crippen MR) is 89.2 cm³/mol. The maximum absolute atomic E-state index is 12.6. The Labute approximate surface area is 138 Å². The van der Waals surface area contributed by atoms with E-state index in [9.17, 15) is 4.79 Å². The van der Waals surface area contributed by atoms with Gasteiger partial charge in [0.1, 0.15) is 11.9 Å². The molecule has 4 heterocycles. The number of nitrogens with one attached hydrogen (secondary N) is 2. The molecule has 3 aromatic rings. The normalized spacial score (nSPS) is 25.4. The Morgan fingerprint density at radius 3 is 3.04 bits per heavy atom. The number of imidazole rings is 1. The minimum atomic E-state index is -0.0124. The third kappa shape index (κ3) is 2.22. The fourth-order valence-electron chi connectivity index (χ4n) is 3.92. The van der Waals surface area contributed by atoms with Gasteiger partial charge in [-0.05, 0) is 37.5 Å². The largest absolute Gasteiger partial charge is 0.440 e. The summed E-state index contributed by atoms with van der Waals surface area (Å²) in [6.07, 6.45) is 8.64. The number of benzene rings is 1. The van der Waals surface area contributed by atoms with E-state index in [2.05, 4.69) is 15.6 Å². The molecule has 24 heavy (non-hydrogen) atoms. The lowest BCUT2D eigenvalue weighted by Gasteiger charge is -2.21. The first kappa shape index (κ1) is 13.8. The molecule has 122 valence electrons. The summed E-state index contributed by atoms with van der Waals surface area (Å²) in [6, 6.07) is 8.74. The van der Waals surface area contributed by atoms with E-state index in [4.69, 9.17) is 4.42 Å². The van der Waals surface area contributed by atoms with E-state index in [1.54, 1.807) is 17.1 Å². The summed E-state index contributed by atoms with van der Waals surface area (Å²) in [5.74, 6) is 0.680. The Balaban J connectivity index is 1.39. The third-order valence-electron chi connectivity index (χ3n) is 5.14. The molecule has 3 atom stereocenters. The van der Waals surface area contributed by atoms with Crippen molar-refractivity contribution in [1.82, 2.24) is 20.2 Å². The Morgan fingerprint density at radius 2 is 2.29 bits per heavy atom. The van der Waals surface area contributed by atoms with Crippen LogP contribution in [0.1, 0.15) is 29.6 Å². The second-order valence-corrected chi connectivity index (χ2v) is 6.67. The van der Waals surface area contributed by atoms with Crippen LogP contribution >= 0.6 is 0 Å². The Bertz CT molecular complexity index is 899. The van der Waals surface area contributed by atoms with Gasteiger partial charge in [-0.3, -0.25) is 9.36 Å².